The first-order valence-corrected chi connectivity index (χ1v) is 10.6. The summed E-state index contributed by atoms with van der Waals surface area (Å²) in [6.07, 6.45) is 2.11. The van der Waals surface area contributed by atoms with E-state index in [0.717, 1.165) is 12.3 Å². The molecule has 0 heterocycles. The standard InChI is InChI=1S/C15H30N4O6.C5H12/c1-2-4-17(10-13(20)21)6-8-19(12-15(24)25)9-7-18(5-3-16)11-14(22)23;1-4-5(2)3/h2-12,16H2,1H3,(H,20,21)(H,22,23)(H,24,25);5H,4H2,1-3H3. The Kier molecular flexibility index (Phi) is 19.5. The molecule has 0 aromatic carbocycles. The Hall–Kier alpha value is -1.75. The molecule has 0 aliphatic rings. The first-order chi connectivity index (χ1) is 14.0. The molecule has 0 saturated carbocycles. The minimum absolute atomic E-state index is 0.0902. The van der Waals surface area contributed by atoms with E-state index in [1.165, 1.54) is 6.42 Å². The molecular weight excluding hydrogens is 392 g/mol. The smallest absolute Gasteiger partial charge is 0.317 e. The topological polar surface area (TPSA) is 148 Å². The summed E-state index contributed by atoms with van der Waals surface area (Å²) in [5, 5.41) is 26.8. The average molecular weight is 435 g/mol. The van der Waals surface area contributed by atoms with Gasteiger partial charge in [-0.2, -0.15) is 0 Å². The largest absolute Gasteiger partial charge is 0.480 e. The van der Waals surface area contributed by atoms with E-state index in [9.17, 15) is 14.4 Å². The Morgan fingerprint density at radius 2 is 1.00 bits per heavy atom. The normalized spacial score (nSPS) is 11.1. The van der Waals surface area contributed by atoms with Gasteiger partial charge in [-0.25, -0.2) is 0 Å². The highest BCUT2D eigenvalue weighted by molar-refractivity contribution is 5.69. The fourth-order valence-electron chi connectivity index (χ4n) is 2.45. The Bertz CT molecular complexity index is 446. The van der Waals surface area contributed by atoms with E-state index in [0.29, 0.717) is 45.8 Å². The number of rotatable bonds is 17. The molecule has 0 saturated heterocycles. The van der Waals surface area contributed by atoms with Crippen molar-refractivity contribution in [3.63, 3.8) is 0 Å². The van der Waals surface area contributed by atoms with Gasteiger partial charge in [-0.15, -0.1) is 0 Å². The highest BCUT2D eigenvalue weighted by Gasteiger charge is 2.16. The molecule has 178 valence electrons. The van der Waals surface area contributed by atoms with Crippen LogP contribution in [0.5, 0.6) is 0 Å². The van der Waals surface area contributed by atoms with Crippen molar-refractivity contribution in [3.8, 4) is 0 Å². The van der Waals surface area contributed by atoms with Crippen molar-refractivity contribution in [3.05, 3.63) is 0 Å². The molecule has 0 aromatic rings. The summed E-state index contributed by atoms with van der Waals surface area (Å²) < 4.78 is 0. The van der Waals surface area contributed by atoms with Gasteiger partial charge in [0.15, 0.2) is 0 Å². The van der Waals surface area contributed by atoms with Crippen LogP contribution in [-0.4, -0.2) is 113 Å². The van der Waals surface area contributed by atoms with Crippen LogP contribution in [0.3, 0.4) is 0 Å². The van der Waals surface area contributed by atoms with E-state index in [2.05, 4.69) is 20.8 Å². The Labute approximate surface area is 180 Å². The van der Waals surface area contributed by atoms with Gasteiger partial charge in [0, 0.05) is 39.3 Å². The molecule has 30 heavy (non-hydrogen) atoms. The van der Waals surface area contributed by atoms with Gasteiger partial charge < -0.3 is 21.1 Å². The van der Waals surface area contributed by atoms with Crippen molar-refractivity contribution >= 4 is 17.9 Å². The van der Waals surface area contributed by atoms with Crippen molar-refractivity contribution in [1.29, 1.82) is 0 Å². The maximum absolute atomic E-state index is 11.0. The van der Waals surface area contributed by atoms with Gasteiger partial charge >= 0.3 is 17.9 Å². The zero-order valence-corrected chi connectivity index (χ0v) is 19.0. The number of nitrogens with two attached hydrogens (primary N) is 1. The number of hydrogen-bond donors (Lipinski definition) is 4. The van der Waals surface area contributed by atoms with E-state index >= 15 is 0 Å². The van der Waals surface area contributed by atoms with Crippen LogP contribution >= 0.6 is 0 Å². The monoisotopic (exact) mass is 434 g/mol. The average Bonchev–Trinajstić information content (AvgIpc) is 2.63. The predicted molar refractivity (Wildman–Crippen MR) is 117 cm³/mol. The second-order valence-corrected chi connectivity index (χ2v) is 7.60. The number of carbonyl (C=O) groups is 3. The van der Waals surface area contributed by atoms with Crippen molar-refractivity contribution in [2.24, 2.45) is 11.7 Å². The molecule has 0 fully saturated rings. The van der Waals surface area contributed by atoms with Crippen molar-refractivity contribution in [2.75, 3.05) is 65.4 Å². The Morgan fingerprint density at radius 1 is 0.700 bits per heavy atom. The lowest BCUT2D eigenvalue weighted by molar-refractivity contribution is -0.140. The summed E-state index contributed by atoms with van der Waals surface area (Å²) in [5.41, 5.74) is 5.47. The molecule has 0 unspecified atom stereocenters. The van der Waals surface area contributed by atoms with Crippen LogP contribution < -0.4 is 5.73 Å². The van der Waals surface area contributed by atoms with Crippen LogP contribution in [0.15, 0.2) is 0 Å². The fraction of sp³-hybridized carbons (Fsp3) is 0.850. The molecular formula is C20H42N4O6. The lowest BCUT2D eigenvalue weighted by Crippen LogP contribution is -2.44. The fourth-order valence-corrected chi connectivity index (χ4v) is 2.45. The third kappa shape index (κ3) is 21.0. The SMILES string of the molecule is CCC(C)C.CCCN(CCN(CCN(CCN)CC(=O)O)CC(=O)O)CC(=O)O. The molecule has 0 rings (SSSR count). The number of nitrogens with zero attached hydrogens (tertiary/aromatic N) is 3. The Morgan fingerprint density at radius 3 is 1.23 bits per heavy atom. The van der Waals surface area contributed by atoms with Crippen molar-refractivity contribution in [2.45, 2.75) is 40.5 Å². The second-order valence-electron chi connectivity index (χ2n) is 7.60. The molecule has 0 radical (unpaired) electrons. The minimum Gasteiger partial charge on any atom is -0.480 e. The highest BCUT2D eigenvalue weighted by Crippen LogP contribution is 1.97. The summed E-state index contributed by atoms with van der Waals surface area (Å²) in [4.78, 5) is 37.8. The van der Waals surface area contributed by atoms with Crippen molar-refractivity contribution < 1.29 is 29.7 Å². The maximum Gasteiger partial charge on any atom is 0.317 e. The Balaban J connectivity index is 0. The van der Waals surface area contributed by atoms with Crippen molar-refractivity contribution in [1.82, 2.24) is 14.7 Å². The molecule has 10 heteroatoms. The van der Waals surface area contributed by atoms with Crippen LogP contribution in [0.25, 0.3) is 0 Å². The summed E-state index contributed by atoms with van der Waals surface area (Å²) in [6.45, 7) is 11.1. The molecule has 0 aliphatic carbocycles. The first-order valence-electron chi connectivity index (χ1n) is 10.6. The third-order valence-corrected chi connectivity index (χ3v) is 4.34. The van der Waals surface area contributed by atoms with Gasteiger partial charge in [-0.3, -0.25) is 29.1 Å². The van der Waals surface area contributed by atoms with Gasteiger partial charge in [-0.05, 0) is 18.9 Å². The van der Waals surface area contributed by atoms with E-state index in [-0.39, 0.29) is 19.6 Å². The molecule has 5 N–H and O–H groups in total. The van der Waals surface area contributed by atoms with Gasteiger partial charge in [0.2, 0.25) is 0 Å². The lowest BCUT2D eigenvalue weighted by Gasteiger charge is -2.28. The van der Waals surface area contributed by atoms with Crippen LogP contribution in [0.2, 0.25) is 0 Å². The van der Waals surface area contributed by atoms with Gasteiger partial charge in [0.25, 0.3) is 0 Å². The predicted octanol–water partition coefficient (Wildman–Crippen LogP) is 0.567. The van der Waals surface area contributed by atoms with Crippen LogP contribution in [0.4, 0.5) is 0 Å². The van der Waals surface area contributed by atoms with E-state index in [4.69, 9.17) is 21.1 Å². The second kappa shape index (κ2) is 19.2. The summed E-state index contributed by atoms with van der Waals surface area (Å²) in [5.74, 6) is -1.98. The van der Waals surface area contributed by atoms with Crippen LogP contribution in [0.1, 0.15) is 40.5 Å². The first kappa shape index (κ1) is 30.4. The van der Waals surface area contributed by atoms with E-state index in [1.54, 1.807) is 14.7 Å². The van der Waals surface area contributed by atoms with Gasteiger partial charge in [0.05, 0.1) is 19.6 Å². The van der Waals surface area contributed by atoms with E-state index < -0.39 is 17.9 Å². The maximum atomic E-state index is 11.0. The van der Waals surface area contributed by atoms with E-state index in [1.807, 2.05) is 6.92 Å². The molecule has 0 atom stereocenters. The molecule has 0 bridgehead atoms. The third-order valence-electron chi connectivity index (χ3n) is 4.34. The summed E-state index contributed by atoms with van der Waals surface area (Å²) in [7, 11) is 0. The number of aliphatic carboxylic acids is 3. The van der Waals surface area contributed by atoms with Crippen LogP contribution in [0, 0.1) is 5.92 Å². The summed E-state index contributed by atoms with van der Waals surface area (Å²) >= 11 is 0. The number of hydrogen-bond acceptors (Lipinski definition) is 7. The zero-order chi connectivity index (χ0) is 23.5. The zero-order valence-electron chi connectivity index (χ0n) is 19.0. The highest BCUT2D eigenvalue weighted by atomic mass is 16.4. The minimum atomic E-state index is -0.983. The molecule has 0 spiro atoms. The lowest BCUT2D eigenvalue weighted by atomic mass is 10.2. The molecule has 0 aliphatic heterocycles. The molecule has 0 aromatic heterocycles. The summed E-state index contributed by atoms with van der Waals surface area (Å²) in [6, 6.07) is 0. The van der Waals surface area contributed by atoms with Crippen LogP contribution in [-0.2, 0) is 14.4 Å². The number of carboxylic acids is 3. The van der Waals surface area contributed by atoms with Gasteiger partial charge in [-0.1, -0.05) is 34.1 Å². The molecule has 10 nitrogen and oxygen atoms in total. The number of carboxylic acid groups (broad SMARTS) is 3. The molecule has 0 amide bonds. The quantitative estimate of drug-likeness (QED) is 0.256. The van der Waals surface area contributed by atoms with Gasteiger partial charge in [0.1, 0.15) is 0 Å².